The zero-order chi connectivity index (χ0) is 13.8. The summed E-state index contributed by atoms with van der Waals surface area (Å²) in [7, 11) is 0. The Labute approximate surface area is 116 Å². The molecule has 1 aromatic rings. The Kier molecular flexibility index (Phi) is 5.32. The maximum Gasteiger partial charge on any atom is 0.109 e. The van der Waals surface area contributed by atoms with Crippen molar-refractivity contribution in [3.63, 3.8) is 0 Å². The van der Waals surface area contributed by atoms with Crippen molar-refractivity contribution in [1.82, 2.24) is 4.90 Å². The Morgan fingerprint density at radius 2 is 2.05 bits per heavy atom. The summed E-state index contributed by atoms with van der Waals surface area (Å²) >= 11 is 1.67. The monoisotopic (exact) mass is 287 g/mol. The lowest BCUT2D eigenvalue weighted by Gasteiger charge is -2.43. The third-order valence-corrected chi connectivity index (χ3v) is 4.44. The van der Waals surface area contributed by atoms with Gasteiger partial charge in [-0.25, -0.2) is 0 Å². The number of aliphatic hydroxyl groups excluding tert-OH is 4. The van der Waals surface area contributed by atoms with Gasteiger partial charge < -0.3 is 20.4 Å². The number of β-amino-alcohol motifs (C(OH)–C–C–N with tert-alkyl or cyclic N) is 1. The second kappa shape index (κ2) is 6.78. The zero-order valence-corrected chi connectivity index (χ0v) is 11.5. The lowest BCUT2D eigenvalue weighted by atomic mass is 9.94. The summed E-state index contributed by atoms with van der Waals surface area (Å²) < 4.78 is 0. The van der Waals surface area contributed by atoms with E-state index in [2.05, 4.69) is 11.4 Å². The molecule has 1 saturated heterocycles. The molecule has 0 saturated carbocycles. The minimum atomic E-state index is -1.18. The van der Waals surface area contributed by atoms with Crippen molar-refractivity contribution in [3.05, 3.63) is 22.4 Å². The second-order valence-corrected chi connectivity index (χ2v) is 5.81. The highest BCUT2D eigenvalue weighted by Gasteiger charge is 2.40. The minimum Gasteiger partial charge on any atom is -0.395 e. The fourth-order valence-corrected chi connectivity index (χ4v) is 3.26. The number of thiophene rings is 1. The first-order valence-corrected chi connectivity index (χ1v) is 7.48. The Balaban J connectivity index is 1.87. The van der Waals surface area contributed by atoms with Crippen LogP contribution in [0.4, 0.5) is 0 Å². The molecular formula is C13H21NO4S. The Hall–Kier alpha value is -0.500. The number of aliphatic hydroxyl groups is 4. The van der Waals surface area contributed by atoms with Crippen LogP contribution in [0.15, 0.2) is 16.8 Å². The van der Waals surface area contributed by atoms with Crippen LogP contribution in [0, 0.1) is 0 Å². The molecule has 1 fully saturated rings. The predicted octanol–water partition coefficient (Wildman–Crippen LogP) is -0.560. The lowest BCUT2D eigenvalue weighted by molar-refractivity contribution is -0.145. The van der Waals surface area contributed by atoms with Gasteiger partial charge in [-0.05, 0) is 41.8 Å². The van der Waals surface area contributed by atoms with Crippen LogP contribution in [0.3, 0.4) is 0 Å². The second-order valence-electron chi connectivity index (χ2n) is 5.03. The summed E-state index contributed by atoms with van der Waals surface area (Å²) in [6.45, 7) is 0.748. The molecule has 0 aliphatic carbocycles. The highest BCUT2D eigenvalue weighted by Crippen LogP contribution is 2.19. The van der Waals surface area contributed by atoms with Gasteiger partial charge in [0.1, 0.15) is 12.2 Å². The molecule has 6 heteroatoms. The fourth-order valence-electron chi connectivity index (χ4n) is 2.56. The molecule has 0 spiro atoms. The quantitative estimate of drug-likeness (QED) is 0.583. The van der Waals surface area contributed by atoms with E-state index in [1.807, 2.05) is 10.3 Å². The van der Waals surface area contributed by atoms with E-state index < -0.39 is 24.4 Å². The molecule has 0 aromatic carbocycles. The van der Waals surface area contributed by atoms with Gasteiger partial charge in [0.15, 0.2) is 0 Å². The highest BCUT2D eigenvalue weighted by molar-refractivity contribution is 7.07. The zero-order valence-electron chi connectivity index (χ0n) is 10.7. The van der Waals surface area contributed by atoms with Gasteiger partial charge in [-0.3, -0.25) is 4.90 Å². The smallest absolute Gasteiger partial charge is 0.109 e. The van der Waals surface area contributed by atoms with Crippen molar-refractivity contribution >= 4 is 11.3 Å². The molecule has 0 amide bonds. The topological polar surface area (TPSA) is 84.2 Å². The van der Waals surface area contributed by atoms with E-state index in [0.717, 1.165) is 12.8 Å². The highest BCUT2D eigenvalue weighted by atomic mass is 32.1. The molecule has 4 N–H and O–H groups in total. The molecule has 1 aromatic heterocycles. The fraction of sp³-hybridized carbons (Fsp3) is 0.692. The van der Waals surface area contributed by atoms with Crippen molar-refractivity contribution in [2.75, 3.05) is 19.7 Å². The van der Waals surface area contributed by atoms with E-state index in [0.29, 0.717) is 6.54 Å². The van der Waals surface area contributed by atoms with Crippen LogP contribution in [0.1, 0.15) is 12.0 Å². The van der Waals surface area contributed by atoms with Gasteiger partial charge in [0.25, 0.3) is 0 Å². The van der Waals surface area contributed by atoms with Crippen LogP contribution < -0.4 is 0 Å². The maximum absolute atomic E-state index is 9.85. The lowest BCUT2D eigenvalue weighted by Crippen LogP contribution is -2.62. The van der Waals surface area contributed by atoms with Gasteiger partial charge in [-0.2, -0.15) is 11.3 Å². The van der Waals surface area contributed by atoms with Gasteiger partial charge in [-0.1, -0.05) is 0 Å². The number of nitrogens with zero attached hydrogens (tertiary/aromatic N) is 1. The number of piperidine rings is 1. The van der Waals surface area contributed by atoms with Crippen molar-refractivity contribution in [2.24, 2.45) is 0 Å². The normalized spacial score (nSPS) is 32.6. The van der Waals surface area contributed by atoms with Crippen LogP contribution in [0.5, 0.6) is 0 Å². The largest absolute Gasteiger partial charge is 0.395 e. The molecule has 2 heterocycles. The van der Waals surface area contributed by atoms with Gasteiger partial charge in [0.05, 0.1) is 18.8 Å². The number of hydrogen-bond donors (Lipinski definition) is 4. The first kappa shape index (κ1) is 14.9. The number of aryl methyl sites for hydroxylation is 1. The Morgan fingerprint density at radius 3 is 2.68 bits per heavy atom. The van der Waals surface area contributed by atoms with Gasteiger partial charge in [0.2, 0.25) is 0 Å². The number of likely N-dealkylation sites (tertiary alicyclic amines) is 1. The third kappa shape index (κ3) is 3.53. The summed E-state index contributed by atoms with van der Waals surface area (Å²) in [5, 5.41) is 42.6. The molecule has 0 unspecified atom stereocenters. The number of hydrogen-bond acceptors (Lipinski definition) is 6. The summed E-state index contributed by atoms with van der Waals surface area (Å²) in [6.07, 6.45) is -1.41. The molecule has 0 radical (unpaired) electrons. The standard InChI is InChI=1S/C13H21NO4S/c15-7-10-12(17)13(18)11(16)6-14(10)4-1-2-9-3-5-19-8-9/h3,5,8,10-13,15-18H,1-2,4,6-7H2/t10-,11+,12-,13-/m1/s1. The van der Waals surface area contributed by atoms with Crippen molar-refractivity contribution in [2.45, 2.75) is 37.2 Å². The summed E-state index contributed by atoms with van der Waals surface area (Å²) in [6, 6.07) is 1.58. The average molecular weight is 287 g/mol. The Morgan fingerprint density at radius 1 is 1.26 bits per heavy atom. The molecule has 0 bridgehead atoms. The predicted molar refractivity (Wildman–Crippen MR) is 73.1 cm³/mol. The van der Waals surface area contributed by atoms with Crippen LogP contribution in [-0.4, -0.2) is 69.4 Å². The molecular weight excluding hydrogens is 266 g/mol. The van der Waals surface area contributed by atoms with Crippen molar-refractivity contribution < 1.29 is 20.4 Å². The SMILES string of the molecule is OC[C@@H]1[C@@H](O)[C@H](O)[C@@H](O)CN1CCCc1ccsc1. The summed E-state index contributed by atoms with van der Waals surface area (Å²) in [4.78, 5) is 1.86. The van der Waals surface area contributed by atoms with Crippen molar-refractivity contribution in [3.8, 4) is 0 Å². The summed E-state index contributed by atoms with van der Waals surface area (Å²) in [5.74, 6) is 0. The van der Waals surface area contributed by atoms with E-state index >= 15 is 0 Å². The molecule has 19 heavy (non-hydrogen) atoms. The first-order valence-electron chi connectivity index (χ1n) is 6.53. The van der Waals surface area contributed by atoms with Gasteiger partial charge in [0, 0.05) is 6.54 Å². The van der Waals surface area contributed by atoms with E-state index in [-0.39, 0.29) is 13.2 Å². The van der Waals surface area contributed by atoms with Gasteiger partial charge in [-0.15, -0.1) is 0 Å². The first-order chi connectivity index (χ1) is 9.13. The van der Waals surface area contributed by atoms with Crippen LogP contribution in [0.25, 0.3) is 0 Å². The maximum atomic E-state index is 9.85. The average Bonchev–Trinajstić information content (AvgIpc) is 2.89. The van der Waals surface area contributed by atoms with E-state index in [1.54, 1.807) is 11.3 Å². The van der Waals surface area contributed by atoms with E-state index in [1.165, 1.54) is 5.56 Å². The van der Waals surface area contributed by atoms with Crippen LogP contribution in [-0.2, 0) is 6.42 Å². The molecule has 4 atom stereocenters. The summed E-state index contributed by atoms with van der Waals surface area (Å²) in [5.41, 5.74) is 1.28. The number of rotatable bonds is 5. The van der Waals surface area contributed by atoms with E-state index in [4.69, 9.17) is 0 Å². The molecule has 5 nitrogen and oxygen atoms in total. The Bertz CT molecular complexity index is 373. The van der Waals surface area contributed by atoms with Crippen LogP contribution in [0.2, 0.25) is 0 Å². The van der Waals surface area contributed by atoms with E-state index in [9.17, 15) is 20.4 Å². The molecule has 108 valence electrons. The van der Waals surface area contributed by atoms with Crippen LogP contribution >= 0.6 is 11.3 Å². The minimum absolute atomic E-state index is 0.219. The van der Waals surface area contributed by atoms with Gasteiger partial charge >= 0.3 is 0 Å². The molecule has 2 rings (SSSR count). The molecule has 1 aliphatic heterocycles. The van der Waals surface area contributed by atoms with Crippen molar-refractivity contribution in [1.29, 1.82) is 0 Å². The molecule has 1 aliphatic rings. The third-order valence-electron chi connectivity index (χ3n) is 3.71.